The van der Waals surface area contributed by atoms with Crippen molar-refractivity contribution in [1.29, 1.82) is 0 Å². The summed E-state index contributed by atoms with van der Waals surface area (Å²) >= 11 is 0. The van der Waals surface area contributed by atoms with Crippen molar-refractivity contribution in [2.45, 2.75) is 76.7 Å². The van der Waals surface area contributed by atoms with Crippen molar-refractivity contribution >= 4 is 0 Å². The van der Waals surface area contributed by atoms with Crippen molar-refractivity contribution in [1.82, 2.24) is 15.1 Å². The molecule has 2 aliphatic rings. The Morgan fingerprint density at radius 2 is 2.20 bits per heavy atom. The molecule has 0 radical (unpaired) electrons. The quantitative estimate of drug-likeness (QED) is 0.899. The summed E-state index contributed by atoms with van der Waals surface area (Å²) in [7, 11) is 0. The Balaban J connectivity index is 1.52. The van der Waals surface area contributed by atoms with Crippen LogP contribution in [0.1, 0.15) is 57.4 Å². The molecule has 2 fully saturated rings. The molecule has 112 valence electrons. The highest BCUT2D eigenvalue weighted by atomic mass is 16.5. The van der Waals surface area contributed by atoms with Gasteiger partial charge in [-0.05, 0) is 32.2 Å². The van der Waals surface area contributed by atoms with Gasteiger partial charge in [-0.2, -0.15) is 5.10 Å². The van der Waals surface area contributed by atoms with E-state index in [0.717, 1.165) is 19.6 Å². The Labute approximate surface area is 121 Å². The number of nitrogens with one attached hydrogen (secondary N) is 1. The summed E-state index contributed by atoms with van der Waals surface area (Å²) in [5, 5.41) is 7.80. The van der Waals surface area contributed by atoms with Crippen LogP contribution in [0.5, 0.6) is 0 Å². The van der Waals surface area contributed by atoms with Gasteiger partial charge in [0.1, 0.15) is 0 Å². The molecule has 1 aliphatic carbocycles. The van der Waals surface area contributed by atoms with E-state index in [2.05, 4.69) is 28.2 Å². The number of rotatable bonds is 5. The predicted molar refractivity (Wildman–Crippen MR) is 79.5 cm³/mol. The lowest BCUT2D eigenvalue weighted by Gasteiger charge is -2.33. The largest absolute Gasteiger partial charge is 0.370 e. The Morgan fingerprint density at radius 1 is 1.35 bits per heavy atom. The molecule has 2 heterocycles. The minimum absolute atomic E-state index is 0.225. The second-order valence-electron chi connectivity index (χ2n) is 6.37. The van der Waals surface area contributed by atoms with E-state index in [9.17, 15) is 0 Å². The molecule has 0 amide bonds. The first-order chi connectivity index (χ1) is 9.80. The maximum Gasteiger partial charge on any atom is 0.0779 e. The van der Waals surface area contributed by atoms with Gasteiger partial charge in [0.15, 0.2) is 0 Å². The van der Waals surface area contributed by atoms with E-state index in [4.69, 9.17) is 4.74 Å². The zero-order chi connectivity index (χ0) is 13.8. The van der Waals surface area contributed by atoms with E-state index >= 15 is 0 Å². The SMILES string of the molecule is CCNCc1cnn(CC2CCC3(CCCCC3)O2)c1. The van der Waals surface area contributed by atoms with Gasteiger partial charge in [-0.25, -0.2) is 0 Å². The molecule has 1 spiro atoms. The summed E-state index contributed by atoms with van der Waals surface area (Å²) in [4.78, 5) is 0. The average molecular weight is 277 g/mol. The van der Waals surface area contributed by atoms with Crippen LogP contribution in [0.4, 0.5) is 0 Å². The van der Waals surface area contributed by atoms with Gasteiger partial charge in [-0.3, -0.25) is 4.68 Å². The van der Waals surface area contributed by atoms with Crippen LogP contribution < -0.4 is 5.32 Å². The molecule has 1 saturated carbocycles. The molecule has 0 aromatic carbocycles. The van der Waals surface area contributed by atoms with Gasteiger partial charge in [0, 0.05) is 18.3 Å². The second kappa shape index (κ2) is 6.27. The summed E-state index contributed by atoms with van der Waals surface area (Å²) < 4.78 is 8.46. The molecule has 4 heteroatoms. The van der Waals surface area contributed by atoms with E-state index in [1.165, 1.54) is 50.5 Å². The van der Waals surface area contributed by atoms with Crippen molar-refractivity contribution in [3.05, 3.63) is 18.0 Å². The topological polar surface area (TPSA) is 39.1 Å². The first-order valence-electron chi connectivity index (χ1n) is 8.19. The molecule has 4 nitrogen and oxygen atoms in total. The Bertz CT molecular complexity index is 423. The van der Waals surface area contributed by atoms with Crippen LogP contribution in [0.15, 0.2) is 12.4 Å². The summed E-state index contributed by atoms with van der Waals surface area (Å²) in [6.07, 6.45) is 13.6. The predicted octanol–water partition coefficient (Wildman–Crippen LogP) is 2.87. The zero-order valence-electron chi connectivity index (χ0n) is 12.6. The molecule has 0 bridgehead atoms. The normalized spacial score (nSPS) is 25.4. The fraction of sp³-hybridized carbons (Fsp3) is 0.812. The van der Waals surface area contributed by atoms with Gasteiger partial charge in [-0.1, -0.05) is 26.2 Å². The minimum atomic E-state index is 0.225. The number of hydrogen-bond donors (Lipinski definition) is 1. The summed E-state index contributed by atoms with van der Waals surface area (Å²) in [5.41, 5.74) is 1.49. The third-order valence-corrected chi connectivity index (χ3v) is 4.76. The van der Waals surface area contributed by atoms with E-state index in [0.29, 0.717) is 6.10 Å². The van der Waals surface area contributed by atoms with Crippen LogP contribution >= 0.6 is 0 Å². The molecule has 20 heavy (non-hydrogen) atoms. The summed E-state index contributed by atoms with van der Waals surface area (Å²) in [5.74, 6) is 0. The molecular weight excluding hydrogens is 250 g/mol. The highest BCUT2D eigenvalue weighted by Crippen LogP contribution is 2.42. The third kappa shape index (κ3) is 3.23. The summed E-state index contributed by atoms with van der Waals surface area (Å²) in [6, 6.07) is 0. The second-order valence-corrected chi connectivity index (χ2v) is 6.37. The van der Waals surface area contributed by atoms with Crippen molar-refractivity contribution < 1.29 is 4.74 Å². The van der Waals surface area contributed by atoms with Gasteiger partial charge >= 0.3 is 0 Å². The van der Waals surface area contributed by atoms with Crippen molar-refractivity contribution in [2.24, 2.45) is 0 Å². The molecular formula is C16H27N3O. The monoisotopic (exact) mass is 277 g/mol. The average Bonchev–Trinajstić information content (AvgIpc) is 3.06. The van der Waals surface area contributed by atoms with Crippen molar-refractivity contribution in [2.75, 3.05) is 6.54 Å². The summed E-state index contributed by atoms with van der Waals surface area (Å²) in [6.45, 7) is 4.94. The van der Waals surface area contributed by atoms with Gasteiger partial charge in [0.2, 0.25) is 0 Å². The standard InChI is InChI=1S/C16H27N3O/c1-2-17-10-14-11-18-19(12-14)13-15-6-9-16(20-15)7-4-3-5-8-16/h11-12,15,17H,2-10,13H2,1H3. The molecule has 1 N–H and O–H groups in total. The molecule has 1 aliphatic heterocycles. The highest BCUT2D eigenvalue weighted by molar-refractivity contribution is 5.03. The van der Waals surface area contributed by atoms with Crippen LogP contribution in [-0.2, 0) is 17.8 Å². The van der Waals surface area contributed by atoms with Crippen molar-refractivity contribution in [3.63, 3.8) is 0 Å². The van der Waals surface area contributed by atoms with Crippen molar-refractivity contribution in [3.8, 4) is 0 Å². The van der Waals surface area contributed by atoms with E-state index in [1.54, 1.807) is 0 Å². The van der Waals surface area contributed by atoms with Gasteiger partial charge in [-0.15, -0.1) is 0 Å². The maximum atomic E-state index is 6.41. The van der Waals surface area contributed by atoms with Gasteiger partial charge in [0.05, 0.1) is 24.4 Å². The molecule has 1 unspecified atom stereocenters. The first kappa shape index (κ1) is 14.1. The Hall–Kier alpha value is -0.870. The number of hydrogen-bond acceptors (Lipinski definition) is 3. The third-order valence-electron chi connectivity index (χ3n) is 4.76. The minimum Gasteiger partial charge on any atom is -0.370 e. The van der Waals surface area contributed by atoms with Gasteiger partial charge in [0.25, 0.3) is 0 Å². The van der Waals surface area contributed by atoms with Crippen LogP contribution in [0.25, 0.3) is 0 Å². The molecule has 1 aromatic rings. The van der Waals surface area contributed by atoms with E-state index in [-0.39, 0.29) is 5.60 Å². The number of ether oxygens (including phenoxy) is 1. The van der Waals surface area contributed by atoms with E-state index < -0.39 is 0 Å². The molecule has 3 rings (SSSR count). The van der Waals surface area contributed by atoms with Crippen LogP contribution in [0.3, 0.4) is 0 Å². The first-order valence-corrected chi connectivity index (χ1v) is 8.19. The van der Waals surface area contributed by atoms with Gasteiger partial charge < -0.3 is 10.1 Å². The van der Waals surface area contributed by atoms with Crippen LogP contribution in [0.2, 0.25) is 0 Å². The Morgan fingerprint density at radius 3 is 3.00 bits per heavy atom. The molecule has 1 aromatic heterocycles. The highest BCUT2D eigenvalue weighted by Gasteiger charge is 2.40. The lowest BCUT2D eigenvalue weighted by atomic mass is 9.83. The van der Waals surface area contributed by atoms with Crippen LogP contribution in [-0.4, -0.2) is 28.0 Å². The number of nitrogens with zero attached hydrogens (tertiary/aromatic N) is 2. The smallest absolute Gasteiger partial charge is 0.0779 e. The molecule has 1 atom stereocenters. The van der Waals surface area contributed by atoms with E-state index in [1.807, 2.05) is 6.20 Å². The number of aromatic nitrogens is 2. The van der Waals surface area contributed by atoms with Crippen LogP contribution in [0, 0.1) is 0 Å². The zero-order valence-corrected chi connectivity index (χ0v) is 12.6. The maximum absolute atomic E-state index is 6.41. The Kier molecular flexibility index (Phi) is 4.41. The lowest BCUT2D eigenvalue weighted by Crippen LogP contribution is -2.32. The fourth-order valence-corrected chi connectivity index (χ4v) is 3.66. The lowest BCUT2D eigenvalue weighted by molar-refractivity contribution is -0.0688. The molecule has 1 saturated heterocycles. The fourth-order valence-electron chi connectivity index (χ4n) is 3.66.